The van der Waals surface area contributed by atoms with Crippen LogP contribution in [0.2, 0.25) is 0 Å². The molecule has 1 heterocycles. The lowest BCUT2D eigenvalue weighted by atomic mass is 9.92. The summed E-state index contributed by atoms with van der Waals surface area (Å²) in [5.74, 6) is -2.73. The minimum absolute atomic E-state index is 0.0952. The van der Waals surface area contributed by atoms with Gasteiger partial charge in [0.1, 0.15) is 23.7 Å². The van der Waals surface area contributed by atoms with E-state index in [4.69, 9.17) is 4.74 Å². The zero-order chi connectivity index (χ0) is 30.2. The molecule has 0 aliphatic carbocycles. The molecule has 1 aliphatic heterocycles. The topological polar surface area (TPSA) is 157 Å². The number of carbonyl (C=O) groups excluding carboxylic acids is 5. The second-order valence-corrected chi connectivity index (χ2v) is 11.6. The van der Waals surface area contributed by atoms with Gasteiger partial charge in [-0.25, -0.2) is 0 Å². The predicted octanol–water partition coefficient (Wildman–Crippen LogP) is 1.16. The molecule has 0 aromatic rings. The van der Waals surface area contributed by atoms with Gasteiger partial charge in [0.25, 0.3) is 0 Å². The first-order valence-electron chi connectivity index (χ1n) is 14.0. The van der Waals surface area contributed by atoms with Crippen molar-refractivity contribution in [1.29, 1.82) is 0 Å². The highest BCUT2D eigenvalue weighted by Crippen LogP contribution is 2.29. The van der Waals surface area contributed by atoms with Crippen molar-refractivity contribution in [2.24, 2.45) is 17.8 Å². The minimum atomic E-state index is -1.36. The van der Waals surface area contributed by atoms with Crippen LogP contribution in [0, 0.1) is 17.8 Å². The van der Waals surface area contributed by atoms with Crippen molar-refractivity contribution < 1.29 is 33.8 Å². The molecule has 0 spiro atoms. The van der Waals surface area contributed by atoms with Gasteiger partial charge in [-0.15, -0.1) is 0 Å². The maximum Gasteiger partial charge on any atom is 0.245 e. The van der Waals surface area contributed by atoms with Crippen LogP contribution in [0.4, 0.5) is 0 Å². The molecule has 1 rings (SSSR count). The normalized spacial score (nSPS) is 21.9. The average molecular weight is 555 g/mol. The average Bonchev–Trinajstić information content (AvgIpc) is 3.61. The van der Waals surface area contributed by atoms with E-state index in [-0.39, 0.29) is 36.1 Å². The first-order valence-corrected chi connectivity index (χ1v) is 14.0. The molecule has 0 saturated carbocycles. The largest absolute Gasteiger partial charge is 0.391 e. The third kappa shape index (κ3) is 9.56. The number of hydrogen-bond donors (Lipinski definition) is 4. The summed E-state index contributed by atoms with van der Waals surface area (Å²) in [6.07, 6.45) is 0.280. The molecule has 0 aromatic carbocycles. The Balaban J connectivity index is 3.15. The molecule has 0 radical (unpaired) electrons. The third-order valence-electron chi connectivity index (χ3n) is 7.66. The van der Waals surface area contributed by atoms with Gasteiger partial charge in [-0.1, -0.05) is 54.4 Å². The molecule has 39 heavy (non-hydrogen) atoms. The molecule has 11 heteroatoms. The Labute approximate surface area is 233 Å². The van der Waals surface area contributed by atoms with Crippen LogP contribution in [0.5, 0.6) is 0 Å². The lowest BCUT2D eigenvalue weighted by Crippen LogP contribution is -2.62. The summed E-state index contributed by atoms with van der Waals surface area (Å²) in [6, 6.07) is -4.00. The van der Waals surface area contributed by atoms with Gasteiger partial charge < -0.3 is 30.7 Å². The summed E-state index contributed by atoms with van der Waals surface area (Å²) in [6.45, 7) is 16.0. The summed E-state index contributed by atoms with van der Waals surface area (Å²) in [5.41, 5.74) is -0.943. The number of ether oxygens (including phenoxy) is 1. The number of likely N-dealkylation sites (N-methyl/N-ethyl adjacent to an activating group) is 1. The van der Waals surface area contributed by atoms with Gasteiger partial charge in [-0.05, 0) is 38.0 Å². The Morgan fingerprint density at radius 1 is 0.872 bits per heavy atom. The molecule has 4 N–H and O–H groups in total. The SMILES string of the molecule is CC[C@H](C)C(NC(=O)C([C@@H](C)CC)N(C)C(C)=O)C(=O)NC(C(=O)NC(CC(C)C)C(=O)C1(C)CO1)[C@@H](C)O. The number of hydrogen-bond acceptors (Lipinski definition) is 7. The van der Waals surface area contributed by atoms with Gasteiger partial charge in [0.05, 0.1) is 18.8 Å². The number of epoxide rings is 1. The Morgan fingerprint density at radius 3 is 1.77 bits per heavy atom. The molecule has 5 unspecified atom stereocenters. The highest BCUT2D eigenvalue weighted by atomic mass is 16.6. The monoisotopic (exact) mass is 554 g/mol. The lowest BCUT2D eigenvalue weighted by Gasteiger charge is -2.34. The fourth-order valence-corrected chi connectivity index (χ4v) is 4.41. The van der Waals surface area contributed by atoms with Gasteiger partial charge in [0.2, 0.25) is 23.6 Å². The summed E-state index contributed by atoms with van der Waals surface area (Å²) >= 11 is 0. The zero-order valence-electron chi connectivity index (χ0n) is 25.3. The highest BCUT2D eigenvalue weighted by Gasteiger charge is 2.50. The molecule has 0 aromatic heterocycles. The Morgan fingerprint density at radius 2 is 1.36 bits per heavy atom. The smallest absolute Gasteiger partial charge is 0.245 e. The van der Waals surface area contributed by atoms with E-state index in [1.807, 2.05) is 34.6 Å². The molecule has 1 fully saturated rings. The van der Waals surface area contributed by atoms with Gasteiger partial charge in [0.15, 0.2) is 5.78 Å². The zero-order valence-corrected chi connectivity index (χ0v) is 25.3. The van der Waals surface area contributed by atoms with E-state index in [9.17, 15) is 29.1 Å². The summed E-state index contributed by atoms with van der Waals surface area (Å²) in [4.78, 5) is 66.4. The van der Waals surface area contributed by atoms with Crippen molar-refractivity contribution in [2.75, 3.05) is 13.7 Å². The van der Waals surface area contributed by atoms with E-state index in [1.165, 1.54) is 18.7 Å². The van der Waals surface area contributed by atoms with Crippen LogP contribution in [0.3, 0.4) is 0 Å². The van der Waals surface area contributed by atoms with E-state index >= 15 is 0 Å². The van der Waals surface area contributed by atoms with Crippen LogP contribution >= 0.6 is 0 Å². The molecule has 1 aliphatic rings. The van der Waals surface area contributed by atoms with Crippen molar-refractivity contribution in [3.8, 4) is 0 Å². The van der Waals surface area contributed by atoms with Crippen LogP contribution in [0.25, 0.3) is 0 Å². The molecule has 0 bridgehead atoms. The van der Waals surface area contributed by atoms with E-state index in [0.717, 1.165) is 0 Å². The van der Waals surface area contributed by atoms with E-state index < -0.39 is 53.6 Å². The Bertz CT molecular complexity index is 887. The second-order valence-electron chi connectivity index (χ2n) is 11.6. The number of nitrogens with zero attached hydrogens (tertiary/aromatic N) is 1. The van der Waals surface area contributed by atoms with E-state index in [2.05, 4.69) is 16.0 Å². The van der Waals surface area contributed by atoms with Crippen LogP contribution < -0.4 is 16.0 Å². The van der Waals surface area contributed by atoms with Gasteiger partial charge in [0, 0.05) is 14.0 Å². The fourth-order valence-electron chi connectivity index (χ4n) is 4.41. The summed E-state index contributed by atoms with van der Waals surface area (Å²) < 4.78 is 5.27. The number of nitrogens with one attached hydrogen (secondary N) is 3. The quantitative estimate of drug-likeness (QED) is 0.209. The van der Waals surface area contributed by atoms with Crippen molar-refractivity contribution in [1.82, 2.24) is 20.9 Å². The van der Waals surface area contributed by atoms with Gasteiger partial charge in [-0.2, -0.15) is 0 Å². The van der Waals surface area contributed by atoms with Crippen LogP contribution in [-0.2, 0) is 28.7 Å². The van der Waals surface area contributed by atoms with Crippen LogP contribution in [-0.4, -0.2) is 88.9 Å². The Hall–Kier alpha value is -2.53. The first kappa shape index (κ1) is 34.5. The molecular formula is C28H50N4O7. The minimum Gasteiger partial charge on any atom is -0.391 e. The van der Waals surface area contributed by atoms with Crippen LogP contribution in [0.15, 0.2) is 0 Å². The summed E-state index contributed by atoms with van der Waals surface area (Å²) in [5, 5.41) is 18.5. The Kier molecular flexibility index (Phi) is 13.0. The molecule has 224 valence electrons. The van der Waals surface area contributed by atoms with Crippen molar-refractivity contribution >= 4 is 29.4 Å². The number of rotatable bonds is 16. The molecular weight excluding hydrogens is 504 g/mol. The fraction of sp³-hybridized carbons (Fsp3) is 0.821. The number of amides is 4. The number of carbonyl (C=O) groups is 5. The number of ketones is 1. The standard InChI is InChI=1S/C28H50N4O7/c1-11-16(5)21(30-27(38)23(17(6)12-2)32(10)19(8)34)25(36)31-22(18(7)33)26(37)29-20(13-15(3)4)24(35)28(9)14-39-28/h15-18,20-23,33H,11-14H2,1-10H3,(H,29,37)(H,30,38)(H,31,36)/t16-,17-,18+,20?,21?,22?,23?,28?/m0/s1. The number of aliphatic hydroxyl groups is 1. The predicted molar refractivity (Wildman–Crippen MR) is 147 cm³/mol. The maximum atomic E-state index is 13.4. The first-order chi connectivity index (χ1) is 18.0. The van der Waals surface area contributed by atoms with Crippen molar-refractivity contribution in [3.63, 3.8) is 0 Å². The second kappa shape index (κ2) is 14.7. The van der Waals surface area contributed by atoms with E-state index in [1.54, 1.807) is 20.9 Å². The molecule has 4 amide bonds. The number of Topliss-reactive ketones (excluding diaryl/α,β-unsaturated/α-hetero) is 1. The lowest BCUT2D eigenvalue weighted by molar-refractivity contribution is -0.141. The third-order valence-corrected chi connectivity index (χ3v) is 7.66. The summed E-state index contributed by atoms with van der Waals surface area (Å²) in [7, 11) is 1.55. The van der Waals surface area contributed by atoms with Crippen LogP contribution in [0.1, 0.15) is 81.6 Å². The highest BCUT2D eigenvalue weighted by molar-refractivity contribution is 5.99. The molecule has 11 nitrogen and oxygen atoms in total. The van der Waals surface area contributed by atoms with Crippen molar-refractivity contribution in [2.45, 2.75) is 117 Å². The maximum absolute atomic E-state index is 13.4. The van der Waals surface area contributed by atoms with Gasteiger partial charge >= 0.3 is 0 Å². The van der Waals surface area contributed by atoms with E-state index in [0.29, 0.717) is 19.3 Å². The number of aliphatic hydroxyl groups excluding tert-OH is 1. The molecule has 8 atom stereocenters. The van der Waals surface area contributed by atoms with Crippen molar-refractivity contribution in [3.05, 3.63) is 0 Å². The molecule has 1 saturated heterocycles. The van der Waals surface area contributed by atoms with Gasteiger partial charge in [-0.3, -0.25) is 24.0 Å².